The summed E-state index contributed by atoms with van der Waals surface area (Å²) >= 11 is 1.70. The topological polar surface area (TPSA) is 49.8 Å². The van der Waals surface area contributed by atoms with Crippen molar-refractivity contribution in [2.24, 2.45) is 5.92 Å². The van der Waals surface area contributed by atoms with Crippen molar-refractivity contribution >= 4 is 33.3 Å². The molecule has 0 radical (unpaired) electrons. The monoisotopic (exact) mass is 264 g/mol. The fraction of sp³-hybridized carbons (Fsp3) is 0.538. The van der Waals surface area contributed by atoms with Gasteiger partial charge in [0.15, 0.2) is 0 Å². The largest absolute Gasteiger partial charge is 0.369 e. The molecule has 18 heavy (non-hydrogen) atoms. The SMILES string of the molecule is CCC(C)CNc1nc(NC)nc2sc(C)cc12. The summed E-state index contributed by atoms with van der Waals surface area (Å²) in [5.74, 6) is 2.26. The molecule has 5 heteroatoms. The predicted octanol–water partition coefficient (Wildman–Crippen LogP) is 3.50. The van der Waals surface area contributed by atoms with E-state index in [1.807, 2.05) is 7.05 Å². The van der Waals surface area contributed by atoms with Gasteiger partial charge >= 0.3 is 0 Å². The molecule has 0 bridgehead atoms. The van der Waals surface area contributed by atoms with Crippen molar-refractivity contribution in [1.82, 2.24) is 9.97 Å². The van der Waals surface area contributed by atoms with Crippen molar-refractivity contribution in [2.45, 2.75) is 27.2 Å². The first kappa shape index (κ1) is 13.1. The van der Waals surface area contributed by atoms with E-state index in [0.29, 0.717) is 11.9 Å². The van der Waals surface area contributed by atoms with Crippen LogP contribution in [0.5, 0.6) is 0 Å². The summed E-state index contributed by atoms with van der Waals surface area (Å²) in [4.78, 5) is 11.3. The van der Waals surface area contributed by atoms with E-state index in [4.69, 9.17) is 0 Å². The van der Waals surface area contributed by atoms with Crippen LogP contribution in [0.2, 0.25) is 0 Å². The lowest BCUT2D eigenvalue weighted by atomic mass is 10.1. The highest BCUT2D eigenvalue weighted by molar-refractivity contribution is 7.18. The second-order valence-electron chi connectivity index (χ2n) is 4.62. The molecule has 0 fully saturated rings. The minimum Gasteiger partial charge on any atom is -0.369 e. The van der Waals surface area contributed by atoms with Crippen LogP contribution in [0, 0.1) is 12.8 Å². The number of nitrogens with one attached hydrogen (secondary N) is 2. The number of aryl methyl sites for hydroxylation is 1. The molecule has 0 aliphatic rings. The molecule has 0 saturated carbocycles. The summed E-state index contributed by atoms with van der Waals surface area (Å²) in [6.07, 6.45) is 1.17. The lowest BCUT2D eigenvalue weighted by molar-refractivity contribution is 0.593. The summed E-state index contributed by atoms with van der Waals surface area (Å²) in [5, 5.41) is 7.58. The number of fused-ring (bicyclic) bond motifs is 1. The Bertz CT molecular complexity index is 535. The Kier molecular flexibility index (Phi) is 4.01. The number of hydrogen-bond donors (Lipinski definition) is 2. The van der Waals surface area contributed by atoms with E-state index >= 15 is 0 Å². The van der Waals surface area contributed by atoms with Gasteiger partial charge in [0, 0.05) is 18.5 Å². The van der Waals surface area contributed by atoms with Crippen LogP contribution in [0.15, 0.2) is 6.07 Å². The molecule has 4 nitrogen and oxygen atoms in total. The van der Waals surface area contributed by atoms with E-state index in [1.165, 1.54) is 11.3 Å². The first-order valence-electron chi connectivity index (χ1n) is 6.33. The van der Waals surface area contributed by atoms with Gasteiger partial charge < -0.3 is 10.6 Å². The van der Waals surface area contributed by atoms with Gasteiger partial charge in [0.2, 0.25) is 5.95 Å². The van der Waals surface area contributed by atoms with Gasteiger partial charge in [-0.25, -0.2) is 4.98 Å². The zero-order chi connectivity index (χ0) is 13.1. The summed E-state index contributed by atoms with van der Waals surface area (Å²) in [5.41, 5.74) is 0. The van der Waals surface area contributed by atoms with E-state index in [-0.39, 0.29) is 0 Å². The molecule has 98 valence electrons. The number of thiophene rings is 1. The Balaban J connectivity index is 2.34. The smallest absolute Gasteiger partial charge is 0.225 e. The van der Waals surface area contributed by atoms with Crippen LogP contribution < -0.4 is 10.6 Å². The third kappa shape index (κ3) is 2.72. The Morgan fingerprint density at radius 1 is 1.39 bits per heavy atom. The Morgan fingerprint density at radius 3 is 2.83 bits per heavy atom. The highest BCUT2D eigenvalue weighted by Crippen LogP contribution is 2.29. The second-order valence-corrected chi connectivity index (χ2v) is 5.85. The molecule has 2 rings (SSSR count). The first-order chi connectivity index (χ1) is 8.63. The lowest BCUT2D eigenvalue weighted by Crippen LogP contribution is -2.12. The molecule has 2 heterocycles. The third-order valence-electron chi connectivity index (χ3n) is 3.05. The molecule has 0 amide bonds. The normalized spacial score (nSPS) is 12.7. The molecule has 1 atom stereocenters. The molecule has 0 aliphatic carbocycles. The molecule has 0 spiro atoms. The van der Waals surface area contributed by atoms with Crippen LogP contribution in [0.4, 0.5) is 11.8 Å². The van der Waals surface area contributed by atoms with Crippen LogP contribution in [0.3, 0.4) is 0 Å². The summed E-state index contributed by atoms with van der Waals surface area (Å²) in [7, 11) is 1.85. The van der Waals surface area contributed by atoms with Gasteiger partial charge in [0.25, 0.3) is 0 Å². The fourth-order valence-corrected chi connectivity index (χ4v) is 2.58. The van der Waals surface area contributed by atoms with Crippen molar-refractivity contribution in [1.29, 1.82) is 0 Å². The number of hydrogen-bond acceptors (Lipinski definition) is 5. The number of aromatic nitrogens is 2. The van der Waals surface area contributed by atoms with E-state index < -0.39 is 0 Å². The van der Waals surface area contributed by atoms with E-state index in [0.717, 1.165) is 22.6 Å². The zero-order valence-corrected chi connectivity index (χ0v) is 12.2. The maximum atomic E-state index is 4.51. The molecule has 0 aromatic carbocycles. The average Bonchev–Trinajstić information content (AvgIpc) is 2.75. The van der Waals surface area contributed by atoms with Gasteiger partial charge in [0.05, 0.1) is 5.39 Å². The average molecular weight is 264 g/mol. The van der Waals surface area contributed by atoms with Crippen LogP contribution in [0.1, 0.15) is 25.1 Å². The van der Waals surface area contributed by atoms with Gasteiger partial charge in [-0.1, -0.05) is 20.3 Å². The number of nitrogens with zero attached hydrogens (tertiary/aromatic N) is 2. The van der Waals surface area contributed by atoms with Crippen LogP contribution in [0.25, 0.3) is 10.2 Å². The van der Waals surface area contributed by atoms with Gasteiger partial charge in [0.1, 0.15) is 10.6 Å². The van der Waals surface area contributed by atoms with Crippen molar-refractivity contribution in [3.8, 4) is 0 Å². The summed E-state index contributed by atoms with van der Waals surface area (Å²) < 4.78 is 0. The van der Waals surface area contributed by atoms with Crippen molar-refractivity contribution in [3.05, 3.63) is 10.9 Å². The van der Waals surface area contributed by atoms with E-state index in [2.05, 4.69) is 47.4 Å². The van der Waals surface area contributed by atoms with Crippen molar-refractivity contribution in [2.75, 3.05) is 24.2 Å². The van der Waals surface area contributed by atoms with Crippen molar-refractivity contribution in [3.63, 3.8) is 0 Å². The first-order valence-corrected chi connectivity index (χ1v) is 7.15. The minimum atomic E-state index is 0.646. The summed E-state index contributed by atoms with van der Waals surface area (Å²) in [6, 6.07) is 2.15. The van der Waals surface area contributed by atoms with Gasteiger partial charge in [-0.2, -0.15) is 4.98 Å². The van der Waals surface area contributed by atoms with Gasteiger partial charge in [-0.3, -0.25) is 0 Å². The van der Waals surface area contributed by atoms with Crippen LogP contribution in [-0.4, -0.2) is 23.6 Å². The second kappa shape index (κ2) is 5.52. The quantitative estimate of drug-likeness (QED) is 0.868. The highest BCUT2D eigenvalue weighted by Gasteiger charge is 2.10. The Morgan fingerprint density at radius 2 is 2.17 bits per heavy atom. The molecule has 0 aliphatic heterocycles. The van der Waals surface area contributed by atoms with Gasteiger partial charge in [-0.05, 0) is 18.9 Å². The molecule has 2 aromatic heterocycles. The lowest BCUT2D eigenvalue weighted by Gasteiger charge is -2.12. The van der Waals surface area contributed by atoms with Crippen LogP contribution >= 0.6 is 11.3 Å². The fourth-order valence-electron chi connectivity index (χ4n) is 1.70. The molecule has 1 unspecified atom stereocenters. The number of anilines is 2. The minimum absolute atomic E-state index is 0.646. The predicted molar refractivity (Wildman–Crippen MR) is 79.6 cm³/mol. The third-order valence-corrected chi connectivity index (χ3v) is 4.00. The number of rotatable bonds is 5. The molecular weight excluding hydrogens is 244 g/mol. The standard InChI is InChI=1S/C13H20N4S/c1-5-8(2)7-15-11-10-6-9(3)18-12(10)17-13(14-4)16-11/h6,8H,5,7H2,1-4H3,(H2,14,15,16,17). The molecular formula is C13H20N4S. The molecule has 2 N–H and O–H groups in total. The molecule has 2 aromatic rings. The maximum absolute atomic E-state index is 4.51. The highest BCUT2D eigenvalue weighted by atomic mass is 32.1. The zero-order valence-electron chi connectivity index (χ0n) is 11.4. The maximum Gasteiger partial charge on any atom is 0.225 e. The summed E-state index contributed by atoms with van der Waals surface area (Å²) in [6.45, 7) is 7.49. The molecule has 0 saturated heterocycles. The van der Waals surface area contributed by atoms with E-state index in [1.54, 1.807) is 11.3 Å². The van der Waals surface area contributed by atoms with E-state index in [9.17, 15) is 0 Å². The Hall–Kier alpha value is -1.36. The Labute approximate surface area is 112 Å². The van der Waals surface area contributed by atoms with Crippen molar-refractivity contribution < 1.29 is 0 Å². The van der Waals surface area contributed by atoms with Crippen LogP contribution in [-0.2, 0) is 0 Å². The van der Waals surface area contributed by atoms with Gasteiger partial charge in [-0.15, -0.1) is 11.3 Å².